The molecule has 1 saturated heterocycles. The van der Waals surface area contributed by atoms with Crippen molar-refractivity contribution in [2.24, 2.45) is 4.99 Å². The lowest BCUT2D eigenvalue weighted by Gasteiger charge is -2.23. The van der Waals surface area contributed by atoms with Crippen LogP contribution in [0.4, 0.5) is 4.39 Å². The Kier molecular flexibility index (Phi) is 11.1. The van der Waals surface area contributed by atoms with Crippen molar-refractivity contribution in [3.8, 4) is 17.2 Å². The number of piperidine rings is 1. The highest BCUT2D eigenvalue weighted by Gasteiger charge is 2.26. The summed E-state index contributed by atoms with van der Waals surface area (Å²) in [4.78, 5) is 29.3. The molecule has 0 bridgehead atoms. The number of carbonyl (C=O) groups excluding carboxylic acids is 2. The van der Waals surface area contributed by atoms with E-state index in [2.05, 4.69) is 34.2 Å². The first-order valence-corrected chi connectivity index (χ1v) is 14.4. The average Bonchev–Trinajstić information content (AvgIpc) is 3.27. The molecule has 10 heteroatoms. The van der Waals surface area contributed by atoms with Crippen molar-refractivity contribution in [2.45, 2.75) is 32.2 Å². The molecule has 0 spiro atoms. The number of allylic oxidation sites excluding steroid dienone is 4. The van der Waals surface area contributed by atoms with Gasteiger partial charge in [-0.05, 0) is 109 Å². The molecule has 1 aliphatic heterocycles. The normalized spacial score (nSPS) is 15.9. The molecule has 9 nitrogen and oxygen atoms in total. The molecule has 1 heterocycles. The van der Waals surface area contributed by atoms with E-state index in [1.54, 1.807) is 30.4 Å². The Morgan fingerprint density at radius 3 is 2.43 bits per heavy atom. The number of ether oxygens (including phenoxy) is 3. The molecule has 2 amide bonds. The number of rotatable bonds is 13. The molecule has 0 saturated carbocycles. The van der Waals surface area contributed by atoms with E-state index >= 15 is 0 Å². The third-order valence-electron chi connectivity index (χ3n) is 7.62. The molecular formula is C34H39FN4O5. The number of aliphatic imine (C=N–C) groups is 1. The number of hydrogen-bond donors (Lipinski definition) is 3. The van der Waals surface area contributed by atoms with Crippen LogP contribution < -0.4 is 30.2 Å². The standard InChI is InChI=1S/C34H39FN4O5/c1-6-7-25(36-3)19-38-32(40)18-28-21(2)27(26-9-8-23(35)17-29(26)28)14-22-15-30(42-4)34(31(16-22)43-5)44-20-33(41)39-24-10-12-37-13-11-24/h6-9,14-17,24,37H,1,3,10-13,18-20H2,2,4-5H3,(H,38,40)(H,39,41)/b25-7-,27-14-. The number of amides is 2. The second-order valence-electron chi connectivity index (χ2n) is 10.5. The van der Waals surface area contributed by atoms with Gasteiger partial charge >= 0.3 is 0 Å². The maximum absolute atomic E-state index is 14.4. The van der Waals surface area contributed by atoms with Crippen LogP contribution in [0.15, 0.2) is 65.3 Å². The summed E-state index contributed by atoms with van der Waals surface area (Å²) in [6.45, 7) is 10.8. The molecule has 2 aliphatic rings. The minimum Gasteiger partial charge on any atom is -0.493 e. The number of benzene rings is 2. The fourth-order valence-corrected chi connectivity index (χ4v) is 5.36. The van der Waals surface area contributed by atoms with Gasteiger partial charge in [0.2, 0.25) is 11.7 Å². The van der Waals surface area contributed by atoms with Gasteiger partial charge in [0.15, 0.2) is 18.1 Å². The molecule has 232 valence electrons. The number of carbonyl (C=O) groups is 2. The van der Waals surface area contributed by atoms with Crippen molar-refractivity contribution in [1.82, 2.24) is 16.0 Å². The molecule has 1 aliphatic carbocycles. The SMILES string of the molecule is C=C/C=C(/CNC(=O)CC1=C(C)/C(=C/c2cc(OC)c(OCC(=O)NC3CCNCC3)c(OC)c2)c2ccc(F)cc21)N=C. The summed E-state index contributed by atoms with van der Waals surface area (Å²) >= 11 is 0. The molecule has 0 unspecified atom stereocenters. The highest BCUT2D eigenvalue weighted by Crippen LogP contribution is 2.45. The summed E-state index contributed by atoms with van der Waals surface area (Å²) in [5, 5.41) is 9.13. The Morgan fingerprint density at radius 2 is 1.80 bits per heavy atom. The highest BCUT2D eigenvalue weighted by atomic mass is 19.1. The van der Waals surface area contributed by atoms with Crippen LogP contribution in [0.3, 0.4) is 0 Å². The van der Waals surface area contributed by atoms with E-state index in [0.717, 1.165) is 53.8 Å². The van der Waals surface area contributed by atoms with E-state index in [-0.39, 0.29) is 37.4 Å². The van der Waals surface area contributed by atoms with Gasteiger partial charge in [0.05, 0.1) is 32.9 Å². The van der Waals surface area contributed by atoms with Gasteiger partial charge in [0.1, 0.15) is 5.82 Å². The predicted octanol–water partition coefficient (Wildman–Crippen LogP) is 4.69. The maximum Gasteiger partial charge on any atom is 0.258 e. The summed E-state index contributed by atoms with van der Waals surface area (Å²) in [5.74, 6) is 0.260. The summed E-state index contributed by atoms with van der Waals surface area (Å²) in [6, 6.07) is 8.25. The Labute approximate surface area is 257 Å². The molecule has 0 atom stereocenters. The minimum absolute atomic E-state index is 0.0526. The number of methoxy groups -OCH3 is 2. The van der Waals surface area contributed by atoms with Crippen molar-refractivity contribution in [1.29, 1.82) is 0 Å². The van der Waals surface area contributed by atoms with Crippen LogP contribution in [-0.4, -0.2) is 65.0 Å². The Hall–Kier alpha value is -4.70. The zero-order chi connectivity index (χ0) is 31.6. The van der Waals surface area contributed by atoms with Gasteiger partial charge in [-0.2, -0.15) is 0 Å². The van der Waals surface area contributed by atoms with Crippen molar-refractivity contribution in [2.75, 3.05) is 40.5 Å². The first-order valence-electron chi connectivity index (χ1n) is 14.4. The zero-order valence-electron chi connectivity index (χ0n) is 25.4. The second-order valence-corrected chi connectivity index (χ2v) is 10.5. The van der Waals surface area contributed by atoms with Crippen LogP contribution in [0.25, 0.3) is 17.2 Å². The fraction of sp³-hybridized carbons (Fsp3) is 0.324. The number of halogens is 1. The first kappa shape index (κ1) is 32.2. The van der Waals surface area contributed by atoms with Crippen LogP contribution in [-0.2, 0) is 9.59 Å². The fourth-order valence-electron chi connectivity index (χ4n) is 5.36. The largest absolute Gasteiger partial charge is 0.493 e. The molecule has 2 aromatic carbocycles. The van der Waals surface area contributed by atoms with Crippen LogP contribution in [0.5, 0.6) is 17.2 Å². The van der Waals surface area contributed by atoms with Gasteiger partial charge in [-0.15, -0.1) is 0 Å². The Balaban J connectivity index is 1.59. The van der Waals surface area contributed by atoms with Crippen molar-refractivity contribution < 1.29 is 28.2 Å². The third kappa shape index (κ3) is 7.82. The third-order valence-corrected chi connectivity index (χ3v) is 7.62. The van der Waals surface area contributed by atoms with Crippen LogP contribution >= 0.6 is 0 Å². The summed E-state index contributed by atoms with van der Waals surface area (Å²) in [7, 11) is 3.03. The van der Waals surface area contributed by atoms with Crippen LogP contribution in [0.2, 0.25) is 0 Å². The lowest BCUT2D eigenvalue weighted by molar-refractivity contribution is -0.124. The van der Waals surface area contributed by atoms with E-state index in [9.17, 15) is 14.0 Å². The van der Waals surface area contributed by atoms with E-state index in [4.69, 9.17) is 14.2 Å². The first-order chi connectivity index (χ1) is 21.3. The Morgan fingerprint density at radius 1 is 1.09 bits per heavy atom. The van der Waals surface area contributed by atoms with E-state index in [1.807, 2.05) is 13.0 Å². The van der Waals surface area contributed by atoms with Gasteiger partial charge in [0.25, 0.3) is 5.91 Å². The van der Waals surface area contributed by atoms with Crippen molar-refractivity contribution in [3.63, 3.8) is 0 Å². The topological polar surface area (TPSA) is 110 Å². The van der Waals surface area contributed by atoms with E-state index in [0.29, 0.717) is 28.5 Å². The molecule has 0 aromatic heterocycles. The Bertz CT molecular complexity index is 1500. The number of nitrogens with zero attached hydrogens (tertiary/aromatic N) is 1. The van der Waals surface area contributed by atoms with Crippen LogP contribution in [0, 0.1) is 5.82 Å². The van der Waals surface area contributed by atoms with Gasteiger partial charge in [-0.3, -0.25) is 14.6 Å². The number of hydrogen-bond acceptors (Lipinski definition) is 7. The summed E-state index contributed by atoms with van der Waals surface area (Å²) in [5.41, 5.74) is 5.18. The second kappa shape index (κ2) is 15.2. The van der Waals surface area contributed by atoms with Crippen LogP contribution in [0.1, 0.15) is 42.9 Å². The maximum atomic E-state index is 14.4. The molecule has 3 N–H and O–H groups in total. The lowest BCUT2D eigenvalue weighted by Crippen LogP contribution is -2.44. The minimum atomic E-state index is -0.392. The van der Waals surface area contributed by atoms with E-state index in [1.165, 1.54) is 26.4 Å². The molecule has 0 radical (unpaired) electrons. The average molecular weight is 603 g/mol. The molecule has 4 rings (SSSR count). The van der Waals surface area contributed by atoms with Gasteiger partial charge in [-0.25, -0.2) is 4.39 Å². The quantitative estimate of drug-likeness (QED) is 0.227. The summed E-state index contributed by atoms with van der Waals surface area (Å²) in [6.07, 6.45) is 6.98. The van der Waals surface area contributed by atoms with Gasteiger partial charge in [0, 0.05) is 6.04 Å². The lowest BCUT2D eigenvalue weighted by atomic mass is 10.00. The monoisotopic (exact) mass is 602 g/mol. The number of fused-ring (bicyclic) bond motifs is 1. The highest BCUT2D eigenvalue weighted by molar-refractivity contribution is 6.08. The predicted molar refractivity (Wildman–Crippen MR) is 171 cm³/mol. The van der Waals surface area contributed by atoms with Gasteiger partial charge < -0.3 is 30.2 Å². The molecular weight excluding hydrogens is 563 g/mol. The van der Waals surface area contributed by atoms with Gasteiger partial charge in [-0.1, -0.05) is 18.7 Å². The number of nitrogens with one attached hydrogen (secondary N) is 3. The molecule has 1 fully saturated rings. The molecule has 44 heavy (non-hydrogen) atoms. The van der Waals surface area contributed by atoms with E-state index < -0.39 is 5.82 Å². The zero-order valence-corrected chi connectivity index (χ0v) is 25.4. The summed E-state index contributed by atoms with van der Waals surface area (Å²) < 4.78 is 31.5. The smallest absolute Gasteiger partial charge is 0.258 e. The van der Waals surface area contributed by atoms with Crippen molar-refractivity contribution >= 4 is 35.8 Å². The molecule has 2 aromatic rings. The van der Waals surface area contributed by atoms with Crippen molar-refractivity contribution in [3.05, 3.63) is 82.8 Å².